The fourth-order valence-electron chi connectivity index (χ4n) is 1.81. The van der Waals surface area contributed by atoms with E-state index in [0.29, 0.717) is 12.3 Å². The Kier molecular flexibility index (Phi) is 6.35. The minimum absolute atomic E-state index is 0.0334. The van der Waals surface area contributed by atoms with Crippen LogP contribution in [-0.4, -0.2) is 23.9 Å². The highest BCUT2D eigenvalue weighted by atomic mass is 16.1. The van der Waals surface area contributed by atoms with E-state index in [1.807, 2.05) is 20.8 Å². The number of carbonyl (C=O) groups excluding carboxylic acids is 1. The fraction of sp³-hybridized carbons (Fsp3) is 0.929. The maximum atomic E-state index is 12.3. The minimum atomic E-state index is -0.286. The highest BCUT2D eigenvalue weighted by molar-refractivity contribution is 5.88. The van der Waals surface area contributed by atoms with Crippen molar-refractivity contribution in [2.24, 2.45) is 11.1 Å². The first-order valence-electron chi connectivity index (χ1n) is 6.60. The number of Topliss-reactive ketones (excluding diaryl/α,β-unsaturated/α-hetero) is 1. The van der Waals surface area contributed by atoms with Crippen LogP contribution in [0.3, 0.4) is 0 Å². The van der Waals surface area contributed by atoms with Gasteiger partial charge in [-0.15, -0.1) is 0 Å². The zero-order valence-corrected chi connectivity index (χ0v) is 12.4. The van der Waals surface area contributed by atoms with Crippen LogP contribution in [0.15, 0.2) is 0 Å². The smallest absolute Gasteiger partial charge is 0.155 e. The Hall–Kier alpha value is -0.410. The van der Waals surface area contributed by atoms with Gasteiger partial charge in [0.25, 0.3) is 0 Å². The summed E-state index contributed by atoms with van der Waals surface area (Å²) < 4.78 is 0. The predicted octanol–water partition coefficient (Wildman–Crippen LogP) is 2.49. The number of nitrogens with one attached hydrogen (secondary N) is 1. The molecule has 0 fully saturated rings. The van der Waals surface area contributed by atoms with Crippen molar-refractivity contribution in [3.63, 3.8) is 0 Å². The SMILES string of the molecule is CC(C)(C)N[C@H](CCCCN)C(=O)C(C)(C)C. The van der Waals surface area contributed by atoms with E-state index in [-0.39, 0.29) is 17.0 Å². The second kappa shape index (κ2) is 6.50. The van der Waals surface area contributed by atoms with Crippen molar-refractivity contribution in [3.8, 4) is 0 Å². The van der Waals surface area contributed by atoms with Crippen LogP contribution >= 0.6 is 0 Å². The number of carbonyl (C=O) groups is 1. The number of rotatable bonds is 6. The Morgan fingerprint density at radius 3 is 2.00 bits per heavy atom. The van der Waals surface area contributed by atoms with E-state index < -0.39 is 0 Å². The van der Waals surface area contributed by atoms with Crippen molar-refractivity contribution < 1.29 is 4.79 Å². The molecule has 0 heterocycles. The van der Waals surface area contributed by atoms with E-state index in [1.54, 1.807) is 0 Å². The lowest BCUT2D eigenvalue weighted by Gasteiger charge is -2.31. The van der Waals surface area contributed by atoms with E-state index >= 15 is 0 Å². The van der Waals surface area contributed by atoms with Crippen molar-refractivity contribution in [2.45, 2.75) is 72.4 Å². The molecule has 3 heteroatoms. The van der Waals surface area contributed by atoms with E-state index in [2.05, 4.69) is 26.1 Å². The summed E-state index contributed by atoms with van der Waals surface area (Å²) in [4.78, 5) is 12.3. The number of hydrogen-bond donors (Lipinski definition) is 2. The molecule has 1 atom stereocenters. The molecule has 17 heavy (non-hydrogen) atoms. The lowest BCUT2D eigenvalue weighted by atomic mass is 9.84. The summed E-state index contributed by atoms with van der Waals surface area (Å²) in [6.45, 7) is 12.9. The van der Waals surface area contributed by atoms with Gasteiger partial charge in [-0.05, 0) is 40.2 Å². The van der Waals surface area contributed by atoms with Crippen LogP contribution < -0.4 is 11.1 Å². The average molecular weight is 242 g/mol. The summed E-state index contributed by atoms with van der Waals surface area (Å²) >= 11 is 0. The Morgan fingerprint density at radius 2 is 1.65 bits per heavy atom. The molecular formula is C14H30N2O. The van der Waals surface area contributed by atoms with Crippen molar-refractivity contribution in [2.75, 3.05) is 6.54 Å². The summed E-state index contributed by atoms with van der Waals surface area (Å²) in [5.41, 5.74) is 5.18. The molecule has 0 aromatic rings. The van der Waals surface area contributed by atoms with Gasteiger partial charge in [-0.25, -0.2) is 0 Å². The largest absolute Gasteiger partial charge is 0.330 e. The molecule has 0 aromatic carbocycles. The van der Waals surface area contributed by atoms with Gasteiger partial charge in [0.05, 0.1) is 6.04 Å². The first kappa shape index (κ1) is 16.6. The summed E-state index contributed by atoms with van der Waals surface area (Å²) in [6, 6.07) is -0.0541. The Morgan fingerprint density at radius 1 is 1.12 bits per heavy atom. The molecule has 0 aliphatic carbocycles. The molecule has 0 aromatic heterocycles. The molecule has 0 radical (unpaired) electrons. The topological polar surface area (TPSA) is 55.1 Å². The molecule has 3 N–H and O–H groups in total. The van der Waals surface area contributed by atoms with Gasteiger partial charge in [0.2, 0.25) is 0 Å². The maximum absolute atomic E-state index is 12.3. The second-order valence-corrected chi connectivity index (χ2v) is 6.85. The Bertz CT molecular complexity index is 236. The summed E-state index contributed by atoms with van der Waals surface area (Å²) in [6.07, 6.45) is 2.87. The molecule has 0 saturated carbocycles. The van der Waals surface area contributed by atoms with Crippen LogP contribution in [0.1, 0.15) is 60.8 Å². The van der Waals surface area contributed by atoms with Crippen LogP contribution in [0.25, 0.3) is 0 Å². The van der Waals surface area contributed by atoms with Crippen molar-refractivity contribution in [3.05, 3.63) is 0 Å². The van der Waals surface area contributed by atoms with E-state index in [4.69, 9.17) is 5.73 Å². The van der Waals surface area contributed by atoms with Crippen LogP contribution in [0.4, 0.5) is 0 Å². The third kappa shape index (κ3) is 7.50. The van der Waals surface area contributed by atoms with Crippen LogP contribution in [0.2, 0.25) is 0 Å². The standard InChI is InChI=1S/C14H30N2O/c1-13(2,3)12(17)11(9-7-8-10-15)16-14(4,5)6/h11,16H,7-10,15H2,1-6H3/t11-/m1/s1. The number of unbranched alkanes of at least 4 members (excludes halogenated alkanes) is 1. The van der Waals surface area contributed by atoms with Gasteiger partial charge in [0, 0.05) is 11.0 Å². The first-order valence-corrected chi connectivity index (χ1v) is 6.60. The van der Waals surface area contributed by atoms with Crippen LogP contribution in [-0.2, 0) is 4.79 Å². The molecule has 0 unspecified atom stereocenters. The zero-order valence-electron chi connectivity index (χ0n) is 12.4. The number of hydrogen-bond acceptors (Lipinski definition) is 3. The predicted molar refractivity (Wildman–Crippen MR) is 74.0 cm³/mol. The van der Waals surface area contributed by atoms with Gasteiger partial charge in [-0.2, -0.15) is 0 Å². The molecule has 0 spiro atoms. The maximum Gasteiger partial charge on any atom is 0.155 e. The molecule has 0 saturated heterocycles. The molecule has 0 aliphatic heterocycles. The Labute approximate surface area is 107 Å². The number of ketones is 1. The van der Waals surface area contributed by atoms with Gasteiger partial charge >= 0.3 is 0 Å². The van der Waals surface area contributed by atoms with E-state index in [1.165, 1.54) is 0 Å². The van der Waals surface area contributed by atoms with Gasteiger partial charge in [0.1, 0.15) is 0 Å². The molecule has 0 aliphatic rings. The molecule has 3 nitrogen and oxygen atoms in total. The second-order valence-electron chi connectivity index (χ2n) is 6.85. The summed E-state index contributed by atoms with van der Waals surface area (Å²) in [5, 5.41) is 3.43. The lowest BCUT2D eigenvalue weighted by molar-refractivity contribution is -0.129. The van der Waals surface area contributed by atoms with Crippen LogP contribution in [0, 0.1) is 5.41 Å². The van der Waals surface area contributed by atoms with Gasteiger partial charge < -0.3 is 11.1 Å². The van der Waals surface area contributed by atoms with E-state index in [9.17, 15) is 4.79 Å². The zero-order chi connectivity index (χ0) is 13.7. The van der Waals surface area contributed by atoms with Gasteiger partial charge in [-0.1, -0.05) is 27.2 Å². The molecule has 0 amide bonds. The third-order valence-electron chi connectivity index (χ3n) is 2.61. The fourth-order valence-corrected chi connectivity index (χ4v) is 1.81. The molecule has 0 bridgehead atoms. The first-order chi connectivity index (χ1) is 7.58. The van der Waals surface area contributed by atoms with Crippen LogP contribution in [0.5, 0.6) is 0 Å². The van der Waals surface area contributed by atoms with Gasteiger partial charge in [-0.3, -0.25) is 4.79 Å². The quantitative estimate of drug-likeness (QED) is 0.704. The highest BCUT2D eigenvalue weighted by Gasteiger charge is 2.31. The van der Waals surface area contributed by atoms with Gasteiger partial charge in [0.15, 0.2) is 5.78 Å². The normalized spacial score (nSPS) is 14.8. The molecular weight excluding hydrogens is 212 g/mol. The third-order valence-corrected chi connectivity index (χ3v) is 2.61. The summed E-state index contributed by atoms with van der Waals surface area (Å²) in [7, 11) is 0. The summed E-state index contributed by atoms with van der Waals surface area (Å²) in [5.74, 6) is 0.296. The van der Waals surface area contributed by atoms with Crippen molar-refractivity contribution in [1.29, 1.82) is 0 Å². The van der Waals surface area contributed by atoms with Crippen molar-refractivity contribution in [1.82, 2.24) is 5.32 Å². The average Bonchev–Trinajstić information content (AvgIpc) is 2.12. The number of nitrogens with two attached hydrogens (primary N) is 1. The highest BCUT2D eigenvalue weighted by Crippen LogP contribution is 2.20. The van der Waals surface area contributed by atoms with Crippen molar-refractivity contribution >= 4 is 5.78 Å². The molecule has 0 rings (SSSR count). The Balaban J connectivity index is 4.56. The minimum Gasteiger partial charge on any atom is -0.330 e. The molecule has 102 valence electrons. The lowest BCUT2D eigenvalue weighted by Crippen LogP contribution is -2.50. The monoisotopic (exact) mass is 242 g/mol. The van der Waals surface area contributed by atoms with E-state index in [0.717, 1.165) is 19.3 Å².